The van der Waals surface area contributed by atoms with E-state index in [9.17, 15) is 13.2 Å². The fourth-order valence-corrected chi connectivity index (χ4v) is 3.08. The second-order valence-corrected chi connectivity index (χ2v) is 5.66. The molecule has 0 bridgehead atoms. The van der Waals surface area contributed by atoms with Crippen molar-refractivity contribution in [3.63, 3.8) is 0 Å². The summed E-state index contributed by atoms with van der Waals surface area (Å²) in [6, 6.07) is 0. The molecule has 0 heterocycles. The molecule has 0 aliphatic heterocycles. The van der Waals surface area contributed by atoms with Crippen LogP contribution < -0.4 is 0 Å². The van der Waals surface area contributed by atoms with Crippen LogP contribution in [0.3, 0.4) is 0 Å². The fraction of sp³-hybridized carbons (Fsp3) is 0.273. The second-order valence-electron chi connectivity index (χ2n) is 3.50. The van der Waals surface area contributed by atoms with Gasteiger partial charge in [-0.25, -0.2) is 0 Å². The van der Waals surface area contributed by atoms with E-state index in [-0.39, 0.29) is 0 Å². The van der Waals surface area contributed by atoms with E-state index < -0.39 is 11.7 Å². The first-order valence-corrected chi connectivity index (χ1v) is 6.38. The molecule has 0 aromatic rings. The van der Waals surface area contributed by atoms with Gasteiger partial charge in [0, 0.05) is 0 Å². The van der Waals surface area contributed by atoms with Crippen molar-refractivity contribution in [2.45, 2.75) is 19.0 Å². The van der Waals surface area contributed by atoms with E-state index in [1.165, 1.54) is 6.08 Å². The number of hydrogen-bond donors (Lipinski definition) is 0. The molecule has 0 amide bonds. The average molecular weight is 376 g/mol. The Labute approximate surface area is 101 Å². The number of alkyl halides is 3. The first-order valence-electron chi connectivity index (χ1n) is 4.58. The maximum absolute atomic E-state index is 12.6. The predicted molar refractivity (Wildman–Crippen MR) is 47.6 cm³/mol. The summed E-state index contributed by atoms with van der Waals surface area (Å²) >= 11 is 0.837. The third-order valence-electron chi connectivity index (χ3n) is 2.49. The molecule has 0 unspecified atom stereocenters. The number of halogens is 3. The summed E-state index contributed by atoms with van der Waals surface area (Å²) in [6.45, 7) is 0. The van der Waals surface area contributed by atoms with Gasteiger partial charge in [0.2, 0.25) is 0 Å². The van der Waals surface area contributed by atoms with Crippen molar-refractivity contribution in [3.8, 4) is 0 Å². The summed E-state index contributed by atoms with van der Waals surface area (Å²) < 4.78 is 39.1. The molecule has 0 nitrogen and oxygen atoms in total. The zero-order valence-electron chi connectivity index (χ0n) is 7.86. The second kappa shape index (κ2) is 3.89. The Morgan fingerprint density at radius 3 is 2.27 bits per heavy atom. The van der Waals surface area contributed by atoms with Crippen molar-refractivity contribution in [2.75, 3.05) is 0 Å². The van der Waals surface area contributed by atoms with Crippen LogP contribution in [0.1, 0.15) is 12.8 Å². The Bertz CT molecular complexity index is 408. The van der Waals surface area contributed by atoms with Gasteiger partial charge in [0.05, 0.1) is 0 Å². The molecular weight excluding hydrogens is 368 g/mol. The molecule has 15 heavy (non-hydrogen) atoms. The summed E-state index contributed by atoms with van der Waals surface area (Å²) in [6.07, 6.45) is 3.59. The minimum absolute atomic E-state index is 0.417. The molecule has 0 radical (unpaired) electrons. The summed E-state index contributed by atoms with van der Waals surface area (Å²) in [5.41, 5.74) is 0.831. The van der Waals surface area contributed by atoms with E-state index in [0.29, 0.717) is 12.0 Å². The number of hydrogen-bond acceptors (Lipinski definition) is 0. The Balaban J connectivity index is 2.45. The zero-order chi connectivity index (χ0) is 11.1. The summed E-state index contributed by atoms with van der Waals surface area (Å²) in [4.78, 5) is 0. The van der Waals surface area contributed by atoms with Crippen molar-refractivity contribution in [1.82, 2.24) is 0 Å². The summed E-state index contributed by atoms with van der Waals surface area (Å²) in [5, 5.41) is 0. The fourth-order valence-electron chi connectivity index (χ4n) is 1.81. The molecule has 0 N–H and O–H groups in total. The van der Waals surface area contributed by atoms with Crippen LogP contribution in [-0.2, 0) is 24.4 Å². The van der Waals surface area contributed by atoms with Crippen LogP contribution in [0.5, 0.6) is 0 Å². The minimum atomic E-state index is -4.21. The first-order chi connectivity index (χ1) is 7.00. The average Bonchev–Trinajstić information content (AvgIpc) is 2.69. The van der Waals surface area contributed by atoms with Crippen LogP contribution in [0.15, 0.2) is 44.4 Å². The third-order valence-corrected chi connectivity index (χ3v) is 4.19. The molecule has 2 rings (SSSR count). The van der Waals surface area contributed by atoms with Crippen molar-refractivity contribution in [1.29, 1.82) is 0 Å². The van der Waals surface area contributed by atoms with Gasteiger partial charge in [-0.1, -0.05) is 0 Å². The molecular formula is C11H8F3Hf. The third kappa shape index (κ3) is 2.10. The standard InChI is InChI=1S/C11H8F3.Hf/c12-11(13,14)10-7-3-6-9(10)8-4-1-2-5-8;/h1,3-4,7H,2,6H2;. The normalized spacial score (nSPS) is 20.9. The van der Waals surface area contributed by atoms with Crippen molar-refractivity contribution in [3.05, 3.63) is 44.4 Å². The monoisotopic (exact) mass is 377 g/mol. The van der Waals surface area contributed by atoms with E-state index >= 15 is 0 Å². The van der Waals surface area contributed by atoms with Crippen molar-refractivity contribution >= 4 is 0 Å². The topological polar surface area (TPSA) is 0 Å². The summed E-state index contributed by atoms with van der Waals surface area (Å²) in [7, 11) is 0. The van der Waals surface area contributed by atoms with Crippen LogP contribution >= 0.6 is 0 Å². The Kier molecular flexibility index (Phi) is 2.88. The molecule has 0 atom stereocenters. The van der Waals surface area contributed by atoms with Gasteiger partial charge in [0.15, 0.2) is 0 Å². The molecule has 2 aliphatic rings. The molecule has 0 saturated heterocycles. The Morgan fingerprint density at radius 1 is 1.07 bits per heavy atom. The van der Waals surface area contributed by atoms with Crippen LogP contribution in [0.25, 0.3) is 0 Å². The van der Waals surface area contributed by atoms with E-state index in [2.05, 4.69) is 0 Å². The molecule has 0 saturated carbocycles. The number of rotatable bonds is 1. The Hall–Kier alpha value is -0.380. The van der Waals surface area contributed by atoms with Gasteiger partial charge in [0.1, 0.15) is 0 Å². The van der Waals surface area contributed by atoms with Gasteiger partial charge >= 0.3 is 101 Å². The molecule has 0 aromatic carbocycles. The SMILES string of the molecule is FC(F)(F)C1=C(C2=[C]([Hf])CC=C2)CC=C1. The number of allylic oxidation sites excluding steroid dienone is 8. The maximum atomic E-state index is 12.6. The van der Waals surface area contributed by atoms with Gasteiger partial charge in [-0.3, -0.25) is 0 Å². The molecule has 2 aliphatic carbocycles. The quantitative estimate of drug-likeness (QED) is 0.615. The van der Waals surface area contributed by atoms with Gasteiger partial charge in [-0.05, 0) is 0 Å². The predicted octanol–water partition coefficient (Wildman–Crippen LogP) is 3.57. The summed E-state index contributed by atoms with van der Waals surface area (Å²) in [5.74, 6) is 0. The van der Waals surface area contributed by atoms with Crippen LogP contribution in [-0.4, -0.2) is 6.18 Å². The van der Waals surface area contributed by atoms with E-state index in [1.54, 1.807) is 6.08 Å². The van der Waals surface area contributed by atoms with E-state index in [0.717, 1.165) is 39.7 Å². The molecule has 0 aromatic heterocycles. The van der Waals surface area contributed by atoms with Gasteiger partial charge in [0.25, 0.3) is 0 Å². The van der Waals surface area contributed by atoms with Crippen LogP contribution in [0, 0.1) is 0 Å². The first kappa shape index (κ1) is 11.1. The van der Waals surface area contributed by atoms with E-state index in [1.807, 2.05) is 12.2 Å². The molecule has 0 spiro atoms. The van der Waals surface area contributed by atoms with Crippen molar-refractivity contribution < 1.29 is 37.5 Å². The zero-order valence-corrected chi connectivity index (χ0v) is 11.5. The van der Waals surface area contributed by atoms with Gasteiger partial charge < -0.3 is 0 Å². The van der Waals surface area contributed by atoms with Crippen LogP contribution in [0.4, 0.5) is 13.2 Å². The van der Waals surface area contributed by atoms with Crippen LogP contribution in [0.2, 0.25) is 0 Å². The van der Waals surface area contributed by atoms with Gasteiger partial charge in [-0.2, -0.15) is 0 Å². The Morgan fingerprint density at radius 2 is 1.73 bits per heavy atom. The van der Waals surface area contributed by atoms with Gasteiger partial charge in [-0.15, -0.1) is 0 Å². The molecule has 0 fully saturated rings. The van der Waals surface area contributed by atoms with Crippen molar-refractivity contribution in [2.24, 2.45) is 0 Å². The molecule has 77 valence electrons. The van der Waals surface area contributed by atoms with E-state index in [4.69, 9.17) is 0 Å². The molecule has 4 heteroatoms.